The van der Waals surface area contributed by atoms with E-state index < -0.39 is 16.1 Å². The van der Waals surface area contributed by atoms with E-state index in [1.165, 1.54) is 4.31 Å². The number of para-hydroxylation sites is 2. The fourth-order valence-corrected chi connectivity index (χ4v) is 3.85. The van der Waals surface area contributed by atoms with Gasteiger partial charge in [0.15, 0.2) is 6.10 Å². The maximum absolute atomic E-state index is 12.7. The number of benzene rings is 2. The van der Waals surface area contributed by atoms with Crippen LogP contribution in [0.5, 0.6) is 5.75 Å². The predicted octanol–water partition coefficient (Wildman–Crippen LogP) is 2.86. The molecular weight excluding hydrogens is 352 g/mol. The van der Waals surface area contributed by atoms with Gasteiger partial charge in [0.25, 0.3) is 5.91 Å². The maximum Gasteiger partial charge on any atom is 0.265 e. The molecule has 7 heteroatoms. The fourth-order valence-electron chi connectivity index (χ4n) is 2.90. The lowest BCUT2D eigenvalue weighted by molar-refractivity contribution is -0.122. The molecule has 0 saturated heterocycles. The Morgan fingerprint density at radius 1 is 1.15 bits per heavy atom. The number of hydrogen-bond donors (Lipinski definition) is 1. The van der Waals surface area contributed by atoms with Crippen molar-refractivity contribution in [3.63, 3.8) is 0 Å². The Kier molecular flexibility index (Phi) is 4.91. The van der Waals surface area contributed by atoms with Gasteiger partial charge in [0.05, 0.1) is 11.9 Å². The van der Waals surface area contributed by atoms with Crippen LogP contribution in [0.1, 0.15) is 17.5 Å². The summed E-state index contributed by atoms with van der Waals surface area (Å²) in [5.41, 5.74) is 3.38. The van der Waals surface area contributed by atoms with Gasteiger partial charge in [-0.3, -0.25) is 9.10 Å². The average Bonchev–Trinajstić information content (AvgIpc) is 2.77. The van der Waals surface area contributed by atoms with Crippen LogP contribution in [0, 0.1) is 13.8 Å². The average molecular weight is 374 g/mol. The van der Waals surface area contributed by atoms with Crippen LogP contribution >= 0.6 is 0 Å². The van der Waals surface area contributed by atoms with Gasteiger partial charge >= 0.3 is 0 Å². The van der Waals surface area contributed by atoms with Crippen LogP contribution in [0.4, 0.5) is 11.4 Å². The number of amides is 1. The number of carbonyl (C=O) groups excluding carboxylic acids is 1. The summed E-state index contributed by atoms with van der Waals surface area (Å²) in [4.78, 5) is 12.7. The van der Waals surface area contributed by atoms with E-state index in [1.54, 1.807) is 24.3 Å². The largest absolute Gasteiger partial charge is 0.478 e. The van der Waals surface area contributed by atoms with E-state index in [1.807, 2.05) is 32.0 Å². The lowest BCUT2D eigenvalue weighted by Gasteiger charge is -2.20. The third-order valence-electron chi connectivity index (χ3n) is 4.46. The van der Waals surface area contributed by atoms with Crippen LogP contribution in [-0.4, -0.2) is 33.2 Å². The quantitative estimate of drug-likeness (QED) is 0.896. The van der Waals surface area contributed by atoms with Gasteiger partial charge in [0, 0.05) is 18.7 Å². The summed E-state index contributed by atoms with van der Waals surface area (Å²) in [6.07, 6.45) is 0.641. The fraction of sp³-hybridized carbons (Fsp3) is 0.316. The smallest absolute Gasteiger partial charge is 0.265 e. The number of nitrogens with zero attached hydrogens (tertiary/aromatic N) is 1. The standard InChI is InChI=1S/C19H22N2O4S/c1-13-8-9-15(12-14(13)2)20-19(22)18-10-11-21(26(3,23)24)16-6-4-5-7-17(16)25-18/h4-9,12,18H,10-11H2,1-3H3,(H,20,22). The molecule has 0 aromatic heterocycles. The second-order valence-electron chi connectivity index (χ2n) is 6.49. The molecule has 26 heavy (non-hydrogen) atoms. The lowest BCUT2D eigenvalue weighted by Crippen LogP contribution is -2.36. The Hall–Kier alpha value is -2.54. The van der Waals surface area contributed by atoms with E-state index in [0.29, 0.717) is 17.1 Å². The van der Waals surface area contributed by atoms with Crippen molar-refractivity contribution >= 4 is 27.3 Å². The number of aryl methyl sites for hydroxylation is 2. The van der Waals surface area contributed by atoms with Crippen LogP contribution in [0.3, 0.4) is 0 Å². The summed E-state index contributed by atoms with van der Waals surface area (Å²) >= 11 is 0. The summed E-state index contributed by atoms with van der Waals surface area (Å²) in [5.74, 6) is 0.0917. The maximum atomic E-state index is 12.7. The Labute approximate surface area is 153 Å². The van der Waals surface area contributed by atoms with E-state index in [4.69, 9.17) is 4.74 Å². The first-order chi connectivity index (χ1) is 12.3. The molecule has 0 radical (unpaired) electrons. The van der Waals surface area contributed by atoms with Gasteiger partial charge in [0.1, 0.15) is 5.75 Å². The van der Waals surface area contributed by atoms with Crippen molar-refractivity contribution in [2.45, 2.75) is 26.4 Å². The van der Waals surface area contributed by atoms with Crippen molar-refractivity contribution in [3.8, 4) is 5.75 Å². The van der Waals surface area contributed by atoms with E-state index in [2.05, 4.69) is 5.32 Å². The number of rotatable bonds is 3. The molecule has 138 valence electrons. The second-order valence-corrected chi connectivity index (χ2v) is 8.39. The molecule has 1 aliphatic heterocycles. The van der Waals surface area contributed by atoms with E-state index >= 15 is 0 Å². The first kappa shape index (κ1) is 18.3. The third kappa shape index (κ3) is 3.83. The lowest BCUT2D eigenvalue weighted by atomic mass is 10.1. The van der Waals surface area contributed by atoms with E-state index in [0.717, 1.165) is 17.4 Å². The van der Waals surface area contributed by atoms with E-state index in [9.17, 15) is 13.2 Å². The minimum atomic E-state index is -3.46. The highest BCUT2D eigenvalue weighted by molar-refractivity contribution is 7.92. The van der Waals surface area contributed by atoms with Gasteiger partial charge < -0.3 is 10.1 Å². The molecular formula is C19H22N2O4S. The Balaban J connectivity index is 1.84. The number of carbonyl (C=O) groups is 1. The van der Waals surface area contributed by atoms with Crippen molar-refractivity contribution in [1.29, 1.82) is 0 Å². The topological polar surface area (TPSA) is 75.7 Å². The van der Waals surface area contributed by atoms with Crippen LogP contribution < -0.4 is 14.4 Å². The first-order valence-electron chi connectivity index (χ1n) is 8.37. The minimum Gasteiger partial charge on any atom is -0.478 e. The van der Waals surface area contributed by atoms with Gasteiger partial charge in [-0.05, 0) is 49.2 Å². The molecule has 1 N–H and O–H groups in total. The van der Waals surface area contributed by atoms with E-state index in [-0.39, 0.29) is 18.9 Å². The van der Waals surface area contributed by atoms with Gasteiger partial charge in [-0.15, -0.1) is 0 Å². The van der Waals surface area contributed by atoms with Crippen molar-refractivity contribution in [3.05, 3.63) is 53.6 Å². The summed E-state index contributed by atoms with van der Waals surface area (Å²) in [6, 6.07) is 12.5. The highest BCUT2D eigenvalue weighted by Crippen LogP contribution is 2.34. The van der Waals surface area contributed by atoms with Crippen molar-refractivity contribution < 1.29 is 17.9 Å². The Bertz CT molecular complexity index is 940. The number of fused-ring (bicyclic) bond motifs is 1. The zero-order valence-corrected chi connectivity index (χ0v) is 15.8. The monoisotopic (exact) mass is 374 g/mol. The number of hydrogen-bond acceptors (Lipinski definition) is 4. The number of anilines is 2. The summed E-state index contributed by atoms with van der Waals surface area (Å²) < 4.78 is 31.4. The molecule has 2 aromatic rings. The molecule has 0 bridgehead atoms. The van der Waals surface area contributed by atoms with Crippen molar-refractivity contribution in [2.75, 3.05) is 22.4 Å². The molecule has 1 heterocycles. The molecule has 0 saturated carbocycles. The summed E-state index contributed by atoms with van der Waals surface area (Å²) in [6.45, 7) is 4.17. The van der Waals surface area contributed by atoms with Crippen LogP contribution in [0.15, 0.2) is 42.5 Å². The molecule has 1 amide bonds. The Morgan fingerprint density at radius 2 is 1.88 bits per heavy atom. The highest BCUT2D eigenvalue weighted by Gasteiger charge is 2.31. The second kappa shape index (κ2) is 6.99. The van der Waals surface area contributed by atoms with Crippen LogP contribution in [0.2, 0.25) is 0 Å². The highest BCUT2D eigenvalue weighted by atomic mass is 32.2. The molecule has 1 unspecified atom stereocenters. The molecule has 0 aliphatic carbocycles. The minimum absolute atomic E-state index is 0.181. The number of sulfonamides is 1. The van der Waals surface area contributed by atoms with Gasteiger partial charge in [-0.2, -0.15) is 0 Å². The SMILES string of the molecule is Cc1ccc(NC(=O)C2CCN(S(C)(=O)=O)c3ccccc3O2)cc1C. The summed E-state index contributed by atoms with van der Waals surface area (Å²) in [7, 11) is -3.46. The van der Waals surface area contributed by atoms with Gasteiger partial charge in [-0.1, -0.05) is 18.2 Å². The third-order valence-corrected chi connectivity index (χ3v) is 5.64. The predicted molar refractivity (Wildman–Crippen MR) is 102 cm³/mol. The van der Waals surface area contributed by atoms with Gasteiger partial charge in [-0.25, -0.2) is 8.42 Å². The molecule has 1 atom stereocenters. The number of ether oxygens (including phenoxy) is 1. The molecule has 2 aromatic carbocycles. The normalized spacial score (nSPS) is 17.0. The van der Waals surface area contributed by atoms with Crippen molar-refractivity contribution in [1.82, 2.24) is 0 Å². The van der Waals surface area contributed by atoms with Crippen LogP contribution in [0.25, 0.3) is 0 Å². The molecule has 0 fully saturated rings. The molecule has 3 rings (SSSR count). The Morgan fingerprint density at radius 3 is 2.58 bits per heavy atom. The molecule has 6 nitrogen and oxygen atoms in total. The zero-order valence-electron chi connectivity index (χ0n) is 15.0. The van der Waals surface area contributed by atoms with Gasteiger partial charge in [0.2, 0.25) is 10.0 Å². The first-order valence-corrected chi connectivity index (χ1v) is 10.2. The van der Waals surface area contributed by atoms with Crippen LogP contribution in [-0.2, 0) is 14.8 Å². The summed E-state index contributed by atoms with van der Waals surface area (Å²) in [5, 5.41) is 2.86. The van der Waals surface area contributed by atoms with Crippen molar-refractivity contribution in [2.24, 2.45) is 0 Å². The zero-order chi connectivity index (χ0) is 18.9. The molecule has 1 aliphatic rings. The molecule has 0 spiro atoms. The number of nitrogens with one attached hydrogen (secondary N) is 1.